The van der Waals surface area contributed by atoms with Gasteiger partial charge in [0.05, 0.1) is 10.6 Å². The molecule has 0 saturated heterocycles. The van der Waals surface area contributed by atoms with E-state index < -0.39 is 9.84 Å². The van der Waals surface area contributed by atoms with E-state index in [4.69, 9.17) is 0 Å². The molecule has 19 heavy (non-hydrogen) atoms. The van der Waals surface area contributed by atoms with E-state index in [0.717, 1.165) is 5.69 Å². The molecule has 2 aromatic rings. The molecule has 0 aliphatic carbocycles. The number of hydrogen-bond acceptors (Lipinski definition) is 3. The SMILES string of the molecule is Cc1ccc(NCCS(=O)(=O)c2ccccc2)cc1. The van der Waals surface area contributed by atoms with Gasteiger partial charge < -0.3 is 5.32 Å². The third-order valence-electron chi connectivity index (χ3n) is 2.85. The van der Waals surface area contributed by atoms with Gasteiger partial charge >= 0.3 is 0 Å². The Morgan fingerprint density at radius 1 is 0.947 bits per heavy atom. The highest BCUT2D eigenvalue weighted by molar-refractivity contribution is 7.91. The Morgan fingerprint density at radius 3 is 2.21 bits per heavy atom. The average molecular weight is 275 g/mol. The van der Waals surface area contributed by atoms with Gasteiger partial charge in [-0.15, -0.1) is 0 Å². The molecule has 0 spiro atoms. The largest absolute Gasteiger partial charge is 0.384 e. The van der Waals surface area contributed by atoms with E-state index in [9.17, 15) is 8.42 Å². The van der Waals surface area contributed by atoms with Crippen LogP contribution in [0.25, 0.3) is 0 Å². The molecular formula is C15H17NO2S. The molecule has 0 radical (unpaired) electrons. The number of nitrogens with one attached hydrogen (secondary N) is 1. The van der Waals surface area contributed by atoms with Crippen molar-refractivity contribution < 1.29 is 8.42 Å². The van der Waals surface area contributed by atoms with E-state index in [1.54, 1.807) is 24.3 Å². The van der Waals surface area contributed by atoms with Gasteiger partial charge in [-0.25, -0.2) is 8.42 Å². The second-order valence-electron chi connectivity index (χ2n) is 4.42. The van der Waals surface area contributed by atoms with Crippen LogP contribution >= 0.6 is 0 Å². The van der Waals surface area contributed by atoms with E-state index in [-0.39, 0.29) is 5.75 Å². The lowest BCUT2D eigenvalue weighted by molar-refractivity contribution is 0.596. The summed E-state index contributed by atoms with van der Waals surface area (Å²) in [6.07, 6.45) is 0. The van der Waals surface area contributed by atoms with E-state index >= 15 is 0 Å². The minimum Gasteiger partial charge on any atom is -0.384 e. The van der Waals surface area contributed by atoms with Gasteiger partial charge in [-0.1, -0.05) is 35.9 Å². The lowest BCUT2D eigenvalue weighted by Gasteiger charge is -2.07. The molecule has 0 heterocycles. The Bertz CT molecular complexity index is 619. The third-order valence-corrected chi connectivity index (χ3v) is 4.59. The van der Waals surface area contributed by atoms with Gasteiger partial charge in [-0.3, -0.25) is 0 Å². The van der Waals surface area contributed by atoms with E-state index in [1.807, 2.05) is 37.3 Å². The van der Waals surface area contributed by atoms with Gasteiger partial charge in [0.2, 0.25) is 0 Å². The second kappa shape index (κ2) is 5.89. The lowest BCUT2D eigenvalue weighted by Crippen LogP contribution is -2.15. The Labute approximate surface area is 114 Å². The highest BCUT2D eigenvalue weighted by Crippen LogP contribution is 2.11. The summed E-state index contributed by atoms with van der Waals surface area (Å²) in [5.41, 5.74) is 2.12. The Kier molecular flexibility index (Phi) is 4.22. The molecular weight excluding hydrogens is 258 g/mol. The minimum absolute atomic E-state index is 0.0882. The molecule has 3 nitrogen and oxygen atoms in total. The first-order chi connectivity index (χ1) is 9.08. The van der Waals surface area contributed by atoms with Crippen molar-refractivity contribution in [3.8, 4) is 0 Å². The van der Waals surface area contributed by atoms with Crippen molar-refractivity contribution in [2.24, 2.45) is 0 Å². The van der Waals surface area contributed by atoms with Gasteiger partial charge in [0.1, 0.15) is 0 Å². The molecule has 2 rings (SSSR count). The lowest BCUT2D eigenvalue weighted by atomic mass is 10.2. The summed E-state index contributed by atoms with van der Waals surface area (Å²) in [5, 5.41) is 3.12. The minimum atomic E-state index is -3.20. The van der Waals surface area contributed by atoms with Crippen LogP contribution < -0.4 is 5.32 Å². The summed E-state index contributed by atoms with van der Waals surface area (Å²) in [4.78, 5) is 0.376. The molecule has 0 aromatic heterocycles. The Hall–Kier alpha value is -1.81. The summed E-state index contributed by atoms with van der Waals surface area (Å²) in [5.74, 6) is 0.0882. The molecule has 100 valence electrons. The maximum atomic E-state index is 12.0. The zero-order valence-electron chi connectivity index (χ0n) is 10.8. The molecule has 0 fully saturated rings. The second-order valence-corrected chi connectivity index (χ2v) is 6.53. The highest BCUT2D eigenvalue weighted by atomic mass is 32.2. The van der Waals surface area contributed by atoms with Crippen LogP contribution in [0.5, 0.6) is 0 Å². The topological polar surface area (TPSA) is 46.2 Å². The van der Waals surface area contributed by atoms with Crippen LogP contribution in [0.3, 0.4) is 0 Å². The van der Waals surface area contributed by atoms with Crippen LogP contribution in [0.4, 0.5) is 5.69 Å². The molecule has 0 atom stereocenters. The third kappa shape index (κ3) is 3.83. The quantitative estimate of drug-likeness (QED) is 0.912. The van der Waals surface area contributed by atoms with Crippen LogP contribution in [-0.2, 0) is 9.84 Å². The van der Waals surface area contributed by atoms with Crippen LogP contribution in [0.1, 0.15) is 5.56 Å². The van der Waals surface area contributed by atoms with Gasteiger partial charge in [0.25, 0.3) is 0 Å². The fraction of sp³-hybridized carbons (Fsp3) is 0.200. The van der Waals surface area contributed by atoms with Crippen LogP contribution in [0, 0.1) is 6.92 Å². The van der Waals surface area contributed by atoms with Crippen molar-refractivity contribution in [2.75, 3.05) is 17.6 Å². The predicted molar refractivity (Wildman–Crippen MR) is 78.2 cm³/mol. The zero-order chi connectivity index (χ0) is 13.7. The fourth-order valence-electron chi connectivity index (χ4n) is 1.75. The van der Waals surface area contributed by atoms with E-state index in [2.05, 4.69) is 5.32 Å². The average Bonchev–Trinajstić information content (AvgIpc) is 2.42. The van der Waals surface area contributed by atoms with Gasteiger partial charge in [-0.05, 0) is 31.2 Å². The summed E-state index contributed by atoms with van der Waals surface area (Å²) in [6.45, 7) is 2.42. The smallest absolute Gasteiger partial charge is 0.180 e. The number of aryl methyl sites for hydroxylation is 1. The first kappa shape index (κ1) is 13.6. The number of sulfone groups is 1. The standard InChI is InChI=1S/C15H17NO2S/c1-13-7-9-14(10-8-13)16-11-12-19(17,18)15-5-3-2-4-6-15/h2-10,16H,11-12H2,1H3. The predicted octanol–water partition coefficient (Wildman–Crippen LogP) is 2.88. The molecule has 0 aliphatic rings. The number of rotatable bonds is 5. The number of benzene rings is 2. The molecule has 4 heteroatoms. The maximum Gasteiger partial charge on any atom is 0.180 e. The zero-order valence-corrected chi connectivity index (χ0v) is 11.7. The van der Waals surface area contributed by atoms with E-state index in [1.165, 1.54) is 5.56 Å². The van der Waals surface area contributed by atoms with Crippen molar-refractivity contribution in [1.29, 1.82) is 0 Å². The van der Waals surface area contributed by atoms with Crippen molar-refractivity contribution >= 4 is 15.5 Å². The summed E-state index contributed by atoms with van der Waals surface area (Å²) in [6, 6.07) is 16.4. The van der Waals surface area contributed by atoms with Gasteiger partial charge in [-0.2, -0.15) is 0 Å². The van der Waals surface area contributed by atoms with Crippen LogP contribution in [0.15, 0.2) is 59.5 Å². The molecule has 0 saturated carbocycles. The normalized spacial score (nSPS) is 11.2. The van der Waals surface area contributed by atoms with Crippen molar-refractivity contribution in [2.45, 2.75) is 11.8 Å². The highest BCUT2D eigenvalue weighted by Gasteiger charge is 2.12. The first-order valence-corrected chi connectivity index (χ1v) is 7.81. The summed E-state index contributed by atoms with van der Waals surface area (Å²) < 4.78 is 24.1. The van der Waals surface area contributed by atoms with Crippen LogP contribution in [0.2, 0.25) is 0 Å². The Morgan fingerprint density at radius 2 is 1.58 bits per heavy atom. The van der Waals surface area contributed by atoms with Gasteiger partial charge in [0.15, 0.2) is 9.84 Å². The number of hydrogen-bond donors (Lipinski definition) is 1. The molecule has 0 aliphatic heterocycles. The maximum absolute atomic E-state index is 12.0. The Balaban J connectivity index is 1.94. The van der Waals surface area contributed by atoms with Crippen molar-refractivity contribution in [3.05, 3.63) is 60.2 Å². The van der Waals surface area contributed by atoms with Crippen molar-refractivity contribution in [1.82, 2.24) is 0 Å². The molecule has 0 bridgehead atoms. The molecule has 0 unspecified atom stereocenters. The van der Waals surface area contributed by atoms with Crippen molar-refractivity contribution in [3.63, 3.8) is 0 Å². The van der Waals surface area contributed by atoms with Crippen LogP contribution in [-0.4, -0.2) is 20.7 Å². The van der Waals surface area contributed by atoms with E-state index in [0.29, 0.717) is 11.4 Å². The monoisotopic (exact) mass is 275 g/mol. The van der Waals surface area contributed by atoms with Gasteiger partial charge in [0, 0.05) is 12.2 Å². The first-order valence-electron chi connectivity index (χ1n) is 6.16. The molecule has 1 N–H and O–H groups in total. The fourth-order valence-corrected chi connectivity index (χ4v) is 2.93. The summed E-state index contributed by atoms with van der Waals surface area (Å²) >= 11 is 0. The summed E-state index contributed by atoms with van der Waals surface area (Å²) in [7, 11) is -3.20. The number of anilines is 1. The molecule has 2 aromatic carbocycles. The molecule has 0 amide bonds.